The van der Waals surface area contributed by atoms with E-state index < -0.39 is 86.8 Å². The molecule has 1 amide bonds. The summed E-state index contributed by atoms with van der Waals surface area (Å²) in [6.45, 7) is 2.51. The van der Waals surface area contributed by atoms with Crippen LogP contribution in [0.2, 0.25) is 0 Å². The summed E-state index contributed by atoms with van der Waals surface area (Å²) in [6.07, 6.45) is 33.1. The van der Waals surface area contributed by atoms with Crippen LogP contribution >= 0.6 is 0 Å². The Labute approximate surface area is 394 Å². The predicted molar refractivity (Wildman–Crippen MR) is 258 cm³/mol. The number of nitrogens with one attached hydrogen (secondary N) is 1. The average Bonchev–Trinajstić information content (AvgIpc) is 3.31. The molecule has 2 fully saturated rings. The predicted octanol–water partition coefficient (Wildman–Crippen LogP) is 5.98. The van der Waals surface area contributed by atoms with Crippen molar-refractivity contribution < 1.29 is 64.6 Å². The van der Waals surface area contributed by atoms with Crippen molar-refractivity contribution in [1.82, 2.24) is 5.32 Å². The van der Waals surface area contributed by atoms with Crippen molar-refractivity contribution in [3.05, 3.63) is 97.2 Å². The minimum Gasteiger partial charge on any atom is -0.394 e. The van der Waals surface area contributed by atoms with E-state index in [0.29, 0.717) is 12.8 Å². The lowest BCUT2D eigenvalue weighted by molar-refractivity contribution is -0.359. The first-order valence-corrected chi connectivity index (χ1v) is 24.5. The van der Waals surface area contributed by atoms with E-state index in [1.165, 1.54) is 0 Å². The Balaban J connectivity index is 1.85. The maximum absolute atomic E-state index is 13.1. The molecule has 376 valence electrons. The molecule has 14 nitrogen and oxygen atoms in total. The number of aliphatic hydroxyl groups is 8. The van der Waals surface area contributed by atoms with Crippen LogP contribution in [0.25, 0.3) is 0 Å². The van der Waals surface area contributed by atoms with Crippen molar-refractivity contribution in [2.24, 2.45) is 0 Å². The number of unbranched alkanes of at least 4 members (excludes halogenated alkanes) is 8. The molecule has 2 aliphatic heterocycles. The molecule has 0 aliphatic carbocycles. The van der Waals surface area contributed by atoms with Crippen LogP contribution in [0.3, 0.4) is 0 Å². The van der Waals surface area contributed by atoms with Gasteiger partial charge in [-0.05, 0) is 83.5 Å². The molecule has 0 aromatic heterocycles. The van der Waals surface area contributed by atoms with E-state index in [-0.39, 0.29) is 18.9 Å². The molecule has 2 saturated heterocycles. The molecule has 12 unspecified atom stereocenters. The lowest BCUT2D eigenvalue weighted by Crippen LogP contribution is -2.65. The fraction of sp³-hybridized carbons (Fsp3) is 0.673. The largest absolute Gasteiger partial charge is 0.394 e. The number of hydrogen-bond acceptors (Lipinski definition) is 13. The summed E-state index contributed by atoms with van der Waals surface area (Å²) in [5.74, 6) is -0.280. The minimum atomic E-state index is -1.80. The van der Waals surface area contributed by atoms with Gasteiger partial charge in [-0.1, -0.05) is 137 Å². The zero-order valence-electron chi connectivity index (χ0n) is 39.6. The third-order valence-electron chi connectivity index (χ3n) is 11.2. The number of amides is 1. The van der Waals surface area contributed by atoms with Gasteiger partial charge >= 0.3 is 0 Å². The summed E-state index contributed by atoms with van der Waals surface area (Å²) in [7, 11) is 0. The second-order valence-electron chi connectivity index (χ2n) is 16.8. The van der Waals surface area contributed by atoms with E-state index in [1.54, 1.807) is 6.08 Å². The molecule has 2 heterocycles. The monoisotopic (exact) mass is 932 g/mol. The fourth-order valence-corrected chi connectivity index (χ4v) is 7.24. The molecule has 2 aliphatic rings. The molecule has 9 N–H and O–H groups in total. The average molecular weight is 932 g/mol. The van der Waals surface area contributed by atoms with Gasteiger partial charge in [0.05, 0.1) is 32.0 Å². The van der Waals surface area contributed by atoms with Gasteiger partial charge in [-0.2, -0.15) is 0 Å². The number of hydrogen-bond donors (Lipinski definition) is 9. The zero-order valence-corrected chi connectivity index (χ0v) is 39.6. The molecular formula is C52H85NO13. The fourth-order valence-electron chi connectivity index (χ4n) is 7.24. The molecule has 0 saturated carbocycles. The SMILES string of the molecule is CC/C=C\C/C=C\C/C=C\C/C=C\C/C=C\CCCCCCCC(=O)NC(COC1OC(CO)C(OC2OC(CO)C(O)C(O)C2O)C(O)C1O)C(O)/C=C/CC/C=C/CC/C=C/CCC. The van der Waals surface area contributed by atoms with Crippen LogP contribution in [0.4, 0.5) is 0 Å². The van der Waals surface area contributed by atoms with E-state index in [1.807, 2.05) is 6.08 Å². The summed E-state index contributed by atoms with van der Waals surface area (Å²) in [6, 6.07) is -0.953. The summed E-state index contributed by atoms with van der Waals surface area (Å²) in [5, 5.41) is 86.5. The highest BCUT2D eigenvalue weighted by Gasteiger charge is 2.51. The van der Waals surface area contributed by atoms with Gasteiger partial charge in [0, 0.05) is 6.42 Å². The molecule has 12 atom stereocenters. The topological polar surface area (TPSA) is 228 Å². The quantitative estimate of drug-likeness (QED) is 0.0264. The maximum Gasteiger partial charge on any atom is 0.220 e. The zero-order chi connectivity index (χ0) is 48.2. The number of ether oxygens (including phenoxy) is 4. The van der Waals surface area contributed by atoms with Gasteiger partial charge in [-0.25, -0.2) is 0 Å². The minimum absolute atomic E-state index is 0.241. The lowest BCUT2D eigenvalue weighted by atomic mass is 9.97. The van der Waals surface area contributed by atoms with E-state index in [0.717, 1.165) is 96.3 Å². The van der Waals surface area contributed by atoms with Crippen LogP contribution in [0.5, 0.6) is 0 Å². The Kier molecular flexibility index (Phi) is 33.8. The first-order valence-electron chi connectivity index (χ1n) is 24.5. The Hall–Kier alpha value is -3.09. The number of carbonyl (C=O) groups excluding carboxylic acids is 1. The van der Waals surface area contributed by atoms with Gasteiger partial charge in [0.25, 0.3) is 0 Å². The maximum atomic E-state index is 13.1. The van der Waals surface area contributed by atoms with Crippen molar-refractivity contribution in [1.29, 1.82) is 0 Å². The second kappa shape index (κ2) is 37.8. The van der Waals surface area contributed by atoms with E-state index in [4.69, 9.17) is 18.9 Å². The lowest BCUT2D eigenvalue weighted by Gasteiger charge is -2.46. The number of rotatable bonds is 35. The van der Waals surface area contributed by atoms with Gasteiger partial charge in [-0.15, -0.1) is 0 Å². The van der Waals surface area contributed by atoms with Gasteiger partial charge < -0.3 is 65.1 Å². The van der Waals surface area contributed by atoms with Crippen LogP contribution < -0.4 is 5.32 Å². The summed E-state index contributed by atoms with van der Waals surface area (Å²) >= 11 is 0. The highest BCUT2D eigenvalue weighted by atomic mass is 16.7. The highest BCUT2D eigenvalue weighted by Crippen LogP contribution is 2.30. The Morgan fingerprint density at radius 2 is 1.06 bits per heavy atom. The van der Waals surface area contributed by atoms with Crippen molar-refractivity contribution in [3.63, 3.8) is 0 Å². The molecule has 14 heteroatoms. The number of aliphatic hydroxyl groups excluding tert-OH is 8. The molecule has 0 aromatic rings. The van der Waals surface area contributed by atoms with Gasteiger partial charge in [0.2, 0.25) is 5.91 Å². The molecule has 0 spiro atoms. The molecule has 0 aromatic carbocycles. The summed E-state index contributed by atoms with van der Waals surface area (Å²) < 4.78 is 22.6. The summed E-state index contributed by atoms with van der Waals surface area (Å²) in [4.78, 5) is 13.1. The van der Waals surface area contributed by atoms with Crippen molar-refractivity contribution in [2.45, 2.75) is 203 Å². The Morgan fingerprint density at radius 1 is 0.561 bits per heavy atom. The highest BCUT2D eigenvalue weighted by molar-refractivity contribution is 5.76. The first kappa shape index (κ1) is 59.0. The number of allylic oxidation sites excluding steroid dienone is 15. The second-order valence-corrected chi connectivity index (χ2v) is 16.8. The number of carbonyl (C=O) groups is 1. The van der Waals surface area contributed by atoms with Crippen LogP contribution in [0, 0.1) is 0 Å². The third-order valence-corrected chi connectivity index (χ3v) is 11.2. The molecule has 2 rings (SSSR count). The standard InChI is InChI=1S/C52H85NO13/c1-3-5-7-9-11-13-15-16-17-18-19-20-21-22-23-24-26-28-30-32-34-36-44(57)53-40(41(56)35-33-31-29-27-25-14-12-10-8-6-4-2)39-63-51-49(62)47(60)50(43(38-55)65-51)66-52-48(61)46(59)45(58)42(37-54)64-52/h5,7-8,10-11,13,16-17,19-20,22-23,25,27,33,35,40-43,45-52,54-56,58-62H,3-4,6,9,12,14-15,18,21,24,26,28-32,34,36-39H2,1-2H3,(H,53,57)/b7-5-,10-8+,13-11-,17-16-,20-19-,23-22-,27-25+,35-33+. The van der Waals surface area contributed by atoms with Crippen molar-refractivity contribution in [3.8, 4) is 0 Å². The smallest absolute Gasteiger partial charge is 0.220 e. The molecule has 0 bridgehead atoms. The first-order chi connectivity index (χ1) is 32.1. The molecule has 66 heavy (non-hydrogen) atoms. The van der Waals surface area contributed by atoms with E-state index >= 15 is 0 Å². The van der Waals surface area contributed by atoms with Gasteiger partial charge in [0.15, 0.2) is 12.6 Å². The Morgan fingerprint density at radius 3 is 1.65 bits per heavy atom. The third kappa shape index (κ3) is 24.8. The van der Waals surface area contributed by atoms with Gasteiger partial charge in [-0.3, -0.25) is 4.79 Å². The van der Waals surface area contributed by atoms with E-state index in [2.05, 4.69) is 104 Å². The molecular weight excluding hydrogens is 847 g/mol. The van der Waals surface area contributed by atoms with Gasteiger partial charge in [0.1, 0.15) is 48.8 Å². The van der Waals surface area contributed by atoms with Crippen LogP contribution in [0.1, 0.15) is 129 Å². The van der Waals surface area contributed by atoms with Crippen molar-refractivity contribution in [2.75, 3.05) is 19.8 Å². The van der Waals surface area contributed by atoms with Crippen LogP contribution in [0.15, 0.2) is 97.2 Å². The summed E-state index contributed by atoms with van der Waals surface area (Å²) in [5.41, 5.74) is 0. The molecule has 0 radical (unpaired) electrons. The van der Waals surface area contributed by atoms with Crippen molar-refractivity contribution >= 4 is 5.91 Å². The Bertz CT molecular complexity index is 1470. The van der Waals surface area contributed by atoms with E-state index in [9.17, 15) is 45.6 Å². The normalized spacial score (nSPS) is 27.7. The van der Waals surface area contributed by atoms with Crippen LogP contribution in [-0.2, 0) is 23.7 Å². The van der Waals surface area contributed by atoms with Crippen LogP contribution in [-0.4, -0.2) is 140 Å².